The van der Waals surface area contributed by atoms with E-state index in [0.717, 1.165) is 11.1 Å². The van der Waals surface area contributed by atoms with Gasteiger partial charge in [-0.15, -0.1) is 11.3 Å². The van der Waals surface area contributed by atoms with Crippen LogP contribution in [-0.2, 0) is 16.1 Å². The second-order valence-electron chi connectivity index (χ2n) is 7.90. The normalized spacial score (nSPS) is 15.8. The fraction of sp³-hybridized carbons (Fsp3) is 0.167. The molecule has 2 aromatic carbocycles. The molecule has 0 fully saturated rings. The molecule has 1 aliphatic heterocycles. The van der Waals surface area contributed by atoms with E-state index in [-0.39, 0.29) is 36.4 Å². The molecular weight excluding hydrogens is 460 g/mol. The first-order chi connectivity index (χ1) is 15.9. The van der Waals surface area contributed by atoms with Crippen LogP contribution < -0.4 is 15.8 Å². The van der Waals surface area contributed by atoms with Gasteiger partial charge in [0.05, 0.1) is 23.1 Å². The van der Waals surface area contributed by atoms with Crippen LogP contribution in [0.1, 0.15) is 13.3 Å². The summed E-state index contributed by atoms with van der Waals surface area (Å²) in [5.74, 6) is -0.450. The summed E-state index contributed by atoms with van der Waals surface area (Å²) in [5, 5.41) is 5.81. The lowest BCUT2D eigenvalue weighted by Gasteiger charge is -2.28. The van der Waals surface area contributed by atoms with Crippen LogP contribution >= 0.6 is 22.9 Å². The van der Waals surface area contributed by atoms with Crippen molar-refractivity contribution >= 4 is 56.3 Å². The topological polar surface area (TPSA) is 84.3 Å². The molecule has 0 saturated heterocycles. The number of hydrogen-bond acceptors (Lipinski definition) is 5. The lowest BCUT2D eigenvalue weighted by molar-refractivity contribution is -0.120. The highest BCUT2D eigenvalue weighted by Crippen LogP contribution is 2.33. The second-order valence-corrected chi connectivity index (χ2v) is 9.19. The Morgan fingerprint density at radius 2 is 1.94 bits per heavy atom. The molecule has 0 unspecified atom stereocenters. The van der Waals surface area contributed by atoms with Crippen LogP contribution in [0, 0.1) is 0 Å². The van der Waals surface area contributed by atoms with Crippen molar-refractivity contribution in [1.29, 1.82) is 0 Å². The van der Waals surface area contributed by atoms with Crippen LogP contribution in [0.25, 0.3) is 21.3 Å². The molecule has 0 aliphatic carbocycles. The van der Waals surface area contributed by atoms with Gasteiger partial charge in [-0.05, 0) is 36.8 Å². The molecule has 166 valence electrons. The van der Waals surface area contributed by atoms with Crippen LogP contribution in [0.4, 0.5) is 11.4 Å². The molecule has 4 aromatic rings. The SMILES string of the molecule is C[C@H]1CC(=O)Nc2ccccc2N1C(=O)Cn1cnc2scc(-c3ccc(Cl)cc3)c2c1=O. The van der Waals surface area contributed by atoms with Crippen molar-refractivity contribution in [3.8, 4) is 11.1 Å². The van der Waals surface area contributed by atoms with E-state index in [9.17, 15) is 14.4 Å². The Morgan fingerprint density at radius 1 is 1.18 bits per heavy atom. The van der Waals surface area contributed by atoms with Crippen molar-refractivity contribution < 1.29 is 9.59 Å². The van der Waals surface area contributed by atoms with E-state index in [1.807, 2.05) is 30.5 Å². The zero-order valence-corrected chi connectivity index (χ0v) is 19.2. The van der Waals surface area contributed by atoms with Crippen molar-refractivity contribution in [2.24, 2.45) is 0 Å². The number of thiophene rings is 1. The number of benzene rings is 2. The van der Waals surface area contributed by atoms with Gasteiger partial charge in [0.1, 0.15) is 11.4 Å². The Labute approximate surface area is 198 Å². The van der Waals surface area contributed by atoms with Crippen LogP contribution in [-0.4, -0.2) is 27.4 Å². The van der Waals surface area contributed by atoms with Crippen molar-refractivity contribution in [1.82, 2.24) is 9.55 Å². The number of carbonyl (C=O) groups is 2. The van der Waals surface area contributed by atoms with Gasteiger partial charge < -0.3 is 10.2 Å². The minimum atomic E-state index is -0.362. The number of nitrogens with zero attached hydrogens (tertiary/aromatic N) is 3. The quantitative estimate of drug-likeness (QED) is 0.468. The van der Waals surface area contributed by atoms with E-state index in [0.29, 0.717) is 26.6 Å². The van der Waals surface area contributed by atoms with Crippen LogP contribution in [0.3, 0.4) is 0 Å². The van der Waals surface area contributed by atoms with Crippen LogP contribution in [0.2, 0.25) is 5.02 Å². The van der Waals surface area contributed by atoms with Crippen molar-refractivity contribution in [2.75, 3.05) is 10.2 Å². The highest BCUT2D eigenvalue weighted by Gasteiger charge is 2.30. The van der Waals surface area contributed by atoms with Gasteiger partial charge >= 0.3 is 0 Å². The van der Waals surface area contributed by atoms with Gasteiger partial charge in [-0.25, -0.2) is 4.98 Å². The third-order valence-corrected chi connectivity index (χ3v) is 6.79. The minimum Gasteiger partial charge on any atom is -0.324 e. The van der Waals surface area contributed by atoms with E-state index in [2.05, 4.69) is 10.3 Å². The highest BCUT2D eigenvalue weighted by molar-refractivity contribution is 7.17. The summed E-state index contributed by atoms with van der Waals surface area (Å²) in [7, 11) is 0. The van der Waals surface area contributed by atoms with Gasteiger partial charge in [0.15, 0.2) is 0 Å². The predicted octanol–water partition coefficient (Wildman–Crippen LogP) is 4.54. The van der Waals surface area contributed by atoms with Crippen molar-refractivity contribution in [3.63, 3.8) is 0 Å². The lowest BCUT2D eigenvalue weighted by atomic mass is 10.1. The number of nitrogens with one attached hydrogen (secondary N) is 1. The molecule has 0 spiro atoms. The maximum absolute atomic E-state index is 13.4. The van der Waals surface area contributed by atoms with Gasteiger partial charge in [0.2, 0.25) is 11.8 Å². The van der Waals surface area contributed by atoms with Crippen molar-refractivity contribution in [2.45, 2.75) is 25.9 Å². The van der Waals surface area contributed by atoms with Gasteiger partial charge in [-0.3, -0.25) is 19.0 Å². The number of amides is 2. The van der Waals surface area contributed by atoms with E-state index >= 15 is 0 Å². The molecule has 1 N–H and O–H groups in total. The second kappa shape index (κ2) is 8.46. The first kappa shape index (κ1) is 21.4. The molecule has 1 aliphatic rings. The summed E-state index contributed by atoms with van der Waals surface area (Å²) in [4.78, 5) is 45.6. The molecular formula is C24H19ClN4O3S. The first-order valence-corrected chi connectivity index (χ1v) is 11.6. The number of halogens is 1. The molecule has 0 bridgehead atoms. The average Bonchev–Trinajstić information content (AvgIpc) is 3.17. The van der Waals surface area contributed by atoms with Crippen molar-refractivity contribution in [3.05, 3.63) is 75.6 Å². The van der Waals surface area contributed by atoms with Crippen LogP contribution in [0.15, 0.2) is 65.0 Å². The molecule has 2 amide bonds. The minimum absolute atomic E-state index is 0.156. The summed E-state index contributed by atoms with van der Waals surface area (Å²) in [6, 6.07) is 14.0. The summed E-state index contributed by atoms with van der Waals surface area (Å²) >= 11 is 7.38. The predicted molar refractivity (Wildman–Crippen MR) is 131 cm³/mol. The Bertz CT molecular complexity index is 1440. The number of fused-ring (bicyclic) bond motifs is 2. The molecule has 7 nitrogen and oxygen atoms in total. The maximum Gasteiger partial charge on any atom is 0.263 e. The zero-order chi connectivity index (χ0) is 23.1. The Kier molecular flexibility index (Phi) is 5.47. The fourth-order valence-corrected chi connectivity index (χ4v) is 5.14. The first-order valence-electron chi connectivity index (χ1n) is 10.4. The fourth-order valence-electron chi connectivity index (χ4n) is 4.11. The zero-order valence-electron chi connectivity index (χ0n) is 17.6. The summed E-state index contributed by atoms with van der Waals surface area (Å²) < 4.78 is 1.33. The summed E-state index contributed by atoms with van der Waals surface area (Å²) in [6.45, 7) is 1.63. The maximum atomic E-state index is 13.4. The number of para-hydroxylation sites is 2. The molecule has 5 rings (SSSR count). The highest BCUT2D eigenvalue weighted by atomic mass is 35.5. The van der Waals surface area contributed by atoms with Gasteiger partial charge in [0, 0.05) is 28.4 Å². The third kappa shape index (κ3) is 3.92. The lowest BCUT2D eigenvalue weighted by Crippen LogP contribution is -2.42. The summed E-state index contributed by atoms with van der Waals surface area (Å²) in [5.41, 5.74) is 2.51. The number of aromatic nitrogens is 2. The van der Waals surface area contributed by atoms with Gasteiger partial charge in [0.25, 0.3) is 5.56 Å². The van der Waals surface area contributed by atoms with Gasteiger partial charge in [-0.1, -0.05) is 35.9 Å². The Morgan fingerprint density at radius 3 is 2.73 bits per heavy atom. The molecule has 0 saturated carbocycles. The smallest absolute Gasteiger partial charge is 0.263 e. The molecule has 0 radical (unpaired) electrons. The molecule has 1 atom stereocenters. The van der Waals surface area contributed by atoms with Gasteiger partial charge in [-0.2, -0.15) is 0 Å². The number of carbonyl (C=O) groups excluding carboxylic acids is 2. The monoisotopic (exact) mass is 478 g/mol. The summed E-state index contributed by atoms with van der Waals surface area (Å²) in [6.07, 6.45) is 1.57. The van der Waals surface area contributed by atoms with Crippen LogP contribution in [0.5, 0.6) is 0 Å². The molecule has 9 heteroatoms. The molecule has 2 aromatic heterocycles. The largest absolute Gasteiger partial charge is 0.324 e. The standard InChI is InChI=1S/C24H19ClN4O3S/c1-14-10-20(30)27-18-4-2-3-5-19(18)29(14)21(31)11-28-13-26-23-22(24(28)32)17(12-33-23)15-6-8-16(25)9-7-15/h2-9,12-14H,10-11H2,1H3,(H,27,30)/t14-/m0/s1. The number of rotatable bonds is 3. The van der Waals surface area contributed by atoms with E-state index < -0.39 is 0 Å². The molecule has 3 heterocycles. The third-order valence-electron chi connectivity index (χ3n) is 5.65. The average molecular weight is 479 g/mol. The molecule has 33 heavy (non-hydrogen) atoms. The Hall–Kier alpha value is -3.49. The van der Waals surface area contributed by atoms with E-state index in [1.54, 1.807) is 35.2 Å². The van der Waals surface area contributed by atoms with E-state index in [4.69, 9.17) is 11.6 Å². The van der Waals surface area contributed by atoms with E-state index in [1.165, 1.54) is 22.2 Å². The number of hydrogen-bond donors (Lipinski definition) is 1. The Balaban J connectivity index is 1.53. The number of anilines is 2.